The summed E-state index contributed by atoms with van der Waals surface area (Å²) in [5.41, 5.74) is 1.84. The summed E-state index contributed by atoms with van der Waals surface area (Å²) < 4.78 is 0. The summed E-state index contributed by atoms with van der Waals surface area (Å²) in [7, 11) is 0. The molecule has 4 rings (SSSR count). The molecule has 0 N–H and O–H groups in total. The molecule has 1 aliphatic heterocycles. The molecule has 1 amide bonds. The minimum Gasteiger partial charge on any atom is -0.330 e. The molecule has 3 heterocycles. The van der Waals surface area contributed by atoms with E-state index in [1.165, 1.54) is 10.4 Å². The van der Waals surface area contributed by atoms with Crippen molar-refractivity contribution in [1.82, 2.24) is 9.88 Å². The van der Waals surface area contributed by atoms with E-state index in [0.717, 1.165) is 23.7 Å². The molecule has 3 aromatic rings. The van der Waals surface area contributed by atoms with Crippen LogP contribution in [0.1, 0.15) is 33.9 Å². The normalized spacial score (nSPS) is 17.5. The van der Waals surface area contributed by atoms with Gasteiger partial charge >= 0.3 is 0 Å². The molecule has 110 valence electrons. The van der Waals surface area contributed by atoms with Crippen molar-refractivity contribution in [2.24, 2.45) is 0 Å². The van der Waals surface area contributed by atoms with Crippen LogP contribution >= 0.6 is 11.3 Å². The van der Waals surface area contributed by atoms with Gasteiger partial charge in [-0.1, -0.05) is 24.3 Å². The first-order chi connectivity index (χ1) is 10.8. The van der Waals surface area contributed by atoms with Crippen molar-refractivity contribution in [3.63, 3.8) is 0 Å². The summed E-state index contributed by atoms with van der Waals surface area (Å²) in [4.78, 5) is 20.7. The molecule has 0 saturated heterocycles. The Hall–Kier alpha value is -2.20. The molecule has 1 aromatic carbocycles. The molecule has 3 nitrogen and oxygen atoms in total. The van der Waals surface area contributed by atoms with Crippen molar-refractivity contribution in [3.05, 3.63) is 64.1 Å². The van der Waals surface area contributed by atoms with Gasteiger partial charge in [-0.2, -0.15) is 0 Å². The lowest BCUT2D eigenvalue weighted by atomic mass is 10.0. The largest absolute Gasteiger partial charge is 0.330 e. The SMILES string of the molecule is C[C@@H]1c2ccsc2CCN1C(=O)c1nccc2ccccc12. The fourth-order valence-electron chi connectivity index (χ4n) is 3.21. The van der Waals surface area contributed by atoms with Crippen LogP contribution in [0, 0.1) is 0 Å². The standard InChI is InChI=1S/C18H16N2OS/c1-12-14-8-11-22-16(14)7-10-20(12)18(21)17-15-5-3-2-4-13(15)6-9-19-17/h2-6,8-9,11-12H,7,10H2,1H3/t12-/m1/s1. The number of thiophene rings is 1. The third-order valence-electron chi connectivity index (χ3n) is 4.41. The summed E-state index contributed by atoms with van der Waals surface area (Å²) in [5, 5.41) is 4.10. The summed E-state index contributed by atoms with van der Waals surface area (Å²) in [6.45, 7) is 2.87. The number of fused-ring (bicyclic) bond motifs is 2. The summed E-state index contributed by atoms with van der Waals surface area (Å²) in [6.07, 6.45) is 2.66. The van der Waals surface area contributed by atoms with Crippen LogP contribution in [-0.4, -0.2) is 22.3 Å². The van der Waals surface area contributed by atoms with E-state index in [1.54, 1.807) is 17.5 Å². The van der Waals surface area contributed by atoms with Gasteiger partial charge < -0.3 is 4.90 Å². The maximum absolute atomic E-state index is 13.0. The molecule has 22 heavy (non-hydrogen) atoms. The van der Waals surface area contributed by atoms with Crippen molar-refractivity contribution in [2.75, 3.05) is 6.54 Å². The Kier molecular flexibility index (Phi) is 3.19. The number of nitrogens with zero attached hydrogens (tertiary/aromatic N) is 2. The molecule has 0 bridgehead atoms. The highest BCUT2D eigenvalue weighted by Crippen LogP contribution is 2.34. The van der Waals surface area contributed by atoms with E-state index in [-0.39, 0.29) is 11.9 Å². The molecule has 4 heteroatoms. The molecular weight excluding hydrogens is 292 g/mol. The number of hydrogen-bond acceptors (Lipinski definition) is 3. The molecule has 0 radical (unpaired) electrons. The molecule has 0 saturated carbocycles. The van der Waals surface area contributed by atoms with Crippen LogP contribution in [0.5, 0.6) is 0 Å². The summed E-state index contributed by atoms with van der Waals surface area (Å²) in [6, 6.07) is 12.1. The Morgan fingerprint density at radius 3 is 3.05 bits per heavy atom. The fourth-order valence-corrected chi connectivity index (χ4v) is 4.18. The second-order valence-corrected chi connectivity index (χ2v) is 6.61. The van der Waals surface area contributed by atoms with Crippen LogP contribution in [0.4, 0.5) is 0 Å². The van der Waals surface area contributed by atoms with Crippen LogP contribution < -0.4 is 0 Å². The summed E-state index contributed by atoms with van der Waals surface area (Å²) in [5.74, 6) is 0.0288. The lowest BCUT2D eigenvalue weighted by Gasteiger charge is -2.33. The zero-order chi connectivity index (χ0) is 15.1. The van der Waals surface area contributed by atoms with E-state index in [9.17, 15) is 4.79 Å². The third kappa shape index (κ3) is 2.03. The second kappa shape index (κ2) is 5.21. The first-order valence-corrected chi connectivity index (χ1v) is 8.34. The van der Waals surface area contributed by atoms with Crippen LogP contribution in [-0.2, 0) is 6.42 Å². The number of rotatable bonds is 1. The molecule has 0 fully saturated rings. The van der Waals surface area contributed by atoms with Gasteiger partial charge in [0.1, 0.15) is 5.69 Å². The van der Waals surface area contributed by atoms with Gasteiger partial charge in [-0.3, -0.25) is 9.78 Å². The maximum atomic E-state index is 13.0. The molecule has 0 aliphatic carbocycles. The van der Waals surface area contributed by atoms with Crippen LogP contribution in [0.15, 0.2) is 48.0 Å². The topological polar surface area (TPSA) is 33.2 Å². The van der Waals surface area contributed by atoms with Crippen molar-refractivity contribution in [3.8, 4) is 0 Å². The average molecular weight is 308 g/mol. The van der Waals surface area contributed by atoms with Crippen LogP contribution in [0.2, 0.25) is 0 Å². The van der Waals surface area contributed by atoms with E-state index >= 15 is 0 Å². The van der Waals surface area contributed by atoms with E-state index < -0.39 is 0 Å². The van der Waals surface area contributed by atoms with Gasteiger partial charge in [-0.15, -0.1) is 11.3 Å². The lowest BCUT2D eigenvalue weighted by molar-refractivity contribution is 0.0675. The Morgan fingerprint density at radius 1 is 1.27 bits per heavy atom. The number of pyridine rings is 1. The average Bonchev–Trinajstić information content (AvgIpc) is 3.04. The van der Waals surface area contributed by atoms with Crippen molar-refractivity contribution in [2.45, 2.75) is 19.4 Å². The predicted octanol–water partition coefficient (Wildman–Crippen LogP) is 4.06. The van der Waals surface area contributed by atoms with Crippen LogP contribution in [0.25, 0.3) is 10.8 Å². The Balaban J connectivity index is 1.75. The number of hydrogen-bond donors (Lipinski definition) is 0. The van der Waals surface area contributed by atoms with Gasteiger partial charge in [0.2, 0.25) is 0 Å². The first-order valence-electron chi connectivity index (χ1n) is 7.46. The van der Waals surface area contributed by atoms with E-state index in [4.69, 9.17) is 0 Å². The van der Waals surface area contributed by atoms with E-state index in [0.29, 0.717) is 5.69 Å². The zero-order valence-electron chi connectivity index (χ0n) is 12.3. The zero-order valence-corrected chi connectivity index (χ0v) is 13.1. The highest BCUT2D eigenvalue weighted by Gasteiger charge is 2.30. The third-order valence-corrected chi connectivity index (χ3v) is 5.41. The highest BCUT2D eigenvalue weighted by molar-refractivity contribution is 7.10. The number of aromatic nitrogens is 1. The Bertz CT molecular complexity index is 850. The lowest BCUT2D eigenvalue weighted by Crippen LogP contribution is -2.38. The quantitative estimate of drug-likeness (QED) is 0.679. The molecule has 1 atom stereocenters. The van der Waals surface area contributed by atoms with E-state index in [1.807, 2.05) is 35.2 Å². The minimum atomic E-state index is 0.0288. The molecule has 1 aliphatic rings. The summed E-state index contributed by atoms with van der Waals surface area (Å²) >= 11 is 1.79. The number of benzene rings is 1. The van der Waals surface area contributed by atoms with Gasteiger partial charge in [-0.05, 0) is 41.8 Å². The van der Waals surface area contributed by atoms with Crippen LogP contribution in [0.3, 0.4) is 0 Å². The van der Waals surface area contributed by atoms with Gasteiger partial charge in [0, 0.05) is 23.0 Å². The Morgan fingerprint density at radius 2 is 2.14 bits per heavy atom. The van der Waals surface area contributed by atoms with E-state index in [2.05, 4.69) is 23.4 Å². The van der Waals surface area contributed by atoms with Gasteiger partial charge in [0.15, 0.2) is 0 Å². The van der Waals surface area contributed by atoms with Gasteiger partial charge in [0.25, 0.3) is 5.91 Å². The minimum absolute atomic E-state index is 0.0288. The van der Waals surface area contributed by atoms with Gasteiger partial charge in [-0.25, -0.2) is 0 Å². The molecular formula is C18H16N2OS. The van der Waals surface area contributed by atoms with Gasteiger partial charge in [0.05, 0.1) is 6.04 Å². The first kappa shape index (κ1) is 13.5. The molecule has 0 spiro atoms. The Labute approximate surface area is 133 Å². The highest BCUT2D eigenvalue weighted by atomic mass is 32.1. The van der Waals surface area contributed by atoms with Crippen molar-refractivity contribution in [1.29, 1.82) is 0 Å². The molecule has 0 unspecified atom stereocenters. The monoisotopic (exact) mass is 308 g/mol. The number of carbonyl (C=O) groups excluding carboxylic acids is 1. The number of amides is 1. The van der Waals surface area contributed by atoms with Crippen molar-refractivity contribution < 1.29 is 4.79 Å². The van der Waals surface area contributed by atoms with Crippen molar-refractivity contribution >= 4 is 28.0 Å². The second-order valence-electron chi connectivity index (χ2n) is 5.60. The number of carbonyl (C=O) groups is 1. The molecule has 2 aromatic heterocycles. The predicted molar refractivity (Wildman–Crippen MR) is 89.2 cm³/mol. The maximum Gasteiger partial charge on any atom is 0.273 e. The fraction of sp³-hybridized carbons (Fsp3) is 0.222. The smallest absolute Gasteiger partial charge is 0.273 e.